The monoisotopic (exact) mass is 593 g/mol. The third kappa shape index (κ3) is 18.1. The van der Waals surface area contributed by atoms with Gasteiger partial charge < -0.3 is 11.0 Å². The van der Waals surface area contributed by atoms with E-state index in [1.807, 2.05) is 48.5 Å². The van der Waals surface area contributed by atoms with E-state index in [2.05, 4.69) is 13.8 Å². The van der Waals surface area contributed by atoms with Gasteiger partial charge in [0.15, 0.2) is 0 Å². The minimum atomic E-state index is 0. The second kappa shape index (κ2) is 26.3. The molecule has 6 nitrogen and oxygen atoms in total. The molecule has 0 saturated carbocycles. The zero-order valence-corrected chi connectivity index (χ0v) is 25.4. The van der Waals surface area contributed by atoms with Crippen molar-refractivity contribution in [3.63, 3.8) is 0 Å². The average Bonchev–Trinajstić information content (AvgIpc) is 2.92. The predicted octanol–water partition coefficient (Wildman–Crippen LogP) is 8.45. The molecule has 2 aromatic carbocycles. The van der Waals surface area contributed by atoms with Gasteiger partial charge in [-0.15, -0.1) is 0 Å². The number of unbranched alkanes of at least 4 members (excludes halogenated alkanes) is 14. The molecule has 0 bridgehead atoms. The molecule has 0 aromatic heterocycles. The summed E-state index contributed by atoms with van der Waals surface area (Å²) < 4.78 is 23.8. The molecule has 0 aliphatic carbocycles. The van der Waals surface area contributed by atoms with Crippen molar-refractivity contribution in [2.75, 3.05) is 13.2 Å². The summed E-state index contributed by atoms with van der Waals surface area (Å²) in [7, 11) is 0. The summed E-state index contributed by atoms with van der Waals surface area (Å²) in [6.07, 6.45) is 20.6. The van der Waals surface area contributed by atoms with Gasteiger partial charge in [0.05, 0.1) is 0 Å². The Kier molecular flexibility index (Phi) is 25.0. The van der Waals surface area contributed by atoms with E-state index in [-0.39, 0.29) is 11.0 Å². The van der Waals surface area contributed by atoms with Crippen LogP contribution < -0.4 is 17.2 Å². The van der Waals surface area contributed by atoms with Crippen LogP contribution in [0.4, 0.5) is 0 Å². The third-order valence-corrected chi connectivity index (χ3v) is 7.04. The minimum Gasteiger partial charge on any atom is -0.412 e. The van der Waals surface area contributed by atoms with E-state index < -0.39 is 0 Å². The van der Waals surface area contributed by atoms with Crippen LogP contribution in [-0.2, 0) is 15.3 Å². The first-order valence-electron chi connectivity index (χ1n) is 14.7. The molecule has 0 atom stereocenters. The quantitative estimate of drug-likeness (QED) is 0.114. The Morgan fingerprint density at radius 1 is 0.436 bits per heavy atom. The van der Waals surface area contributed by atoms with Crippen LogP contribution >= 0.6 is 0 Å². The van der Waals surface area contributed by atoms with Crippen molar-refractivity contribution in [1.82, 2.24) is 0 Å². The number of hydrogen-bond donors (Lipinski definition) is 0. The fraction of sp³-hybridized carbons (Fsp3) is 0.625. The smallest absolute Gasteiger partial charge is 0.412 e. The molecule has 2 rings (SSSR count). The van der Waals surface area contributed by atoms with E-state index in [4.69, 9.17) is 17.2 Å². The Bertz CT molecular complexity index is 738. The summed E-state index contributed by atoms with van der Waals surface area (Å²) in [4.78, 5) is 0. The topological polar surface area (TPSA) is 99.9 Å². The molecule has 0 unspecified atom stereocenters. The minimum absolute atomic E-state index is 0. The number of hydrogen-bond acceptors (Lipinski definition) is 4. The van der Waals surface area contributed by atoms with Gasteiger partial charge in [0.2, 0.25) is 0 Å². The third-order valence-electron chi connectivity index (χ3n) is 6.41. The molecule has 0 heterocycles. The van der Waals surface area contributed by atoms with Crippen molar-refractivity contribution < 1.29 is 43.5 Å². The molecule has 0 saturated heterocycles. The molecule has 0 aliphatic heterocycles. The maximum absolute atomic E-state index is 6.01. The second-order valence-corrected chi connectivity index (χ2v) is 10.3. The molecule has 4 N–H and O–H groups in total. The molecule has 227 valence electrons. The van der Waals surface area contributed by atoms with Gasteiger partial charge in [-0.25, -0.2) is 0 Å². The molecule has 0 amide bonds. The average molecular weight is 594 g/mol. The van der Waals surface area contributed by atoms with Crippen LogP contribution in [-0.4, -0.2) is 24.2 Å². The summed E-state index contributed by atoms with van der Waals surface area (Å²) in [6.45, 7) is 5.94. The van der Waals surface area contributed by atoms with Crippen LogP contribution in [0.2, 0.25) is 0 Å². The fourth-order valence-electron chi connectivity index (χ4n) is 4.16. The predicted molar refractivity (Wildman–Crippen MR) is 158 cm³/mol. The molecule has 0 aliphatic rings. The summed E-state index contributed by atoms with van der Waals surface area (Å²) in [5, 5.41) is 0. The second-order valence-electron chi connectivity index (χ2n) is 9.73. The van der Waals surface area contributed by atoms with Crippen molar-refractivity contribution in [3.05, 3.63) is 48.5 Å². The van der Waals surface area contributed by atoms with Gasteiger partial charge in [0, 0.05) is 0 Å². The van der Waals surface area contributed by atoms with Crippen molar-refractivity contribution >= 4 is 0 Å². The van der Waals surface area contributed by atoms with E-state index in [1.54, 1.807) is 0 Å². The summed E-state index contributed by atoms with van der Waals surface area (Å²) in [6, 6.07) is 15.6. The van der Waals surface area contributed by atoms with Gasteiger partial charge in [0.1, 0.15) is 0 Å². The molecular formula is C32H54CoO6. The van der Waals surface area contributed by atoms with Crippen LogP contribution in [0.5, 0.6) is 23.0 Å². The van der Waals surface area contributed by atoms with Gasteiger partial charge in [-0.1, -0.05) is 26.7 Å². The SMILES string of the molecule is CCCCCCCCCCOc1ccccc1[O][Co][O]c1ccccc1OCCCCCCCCCC.O.O. The number of rotatable bonds is 24. The Morgan fingerprint density at radius 2 is 0.744 bits per heavy atom. The van der Waals surface area contributed by atoms with Crippen molar-refractivity contribution in [3.8, 4) is 23.0 Å². The van der Waals surface area contributed by atoms with Crippen LogP contribution in [0.15, 0.2) is 48.5 Å². The molecule has 0 fully saturated rings. The number of para-hydroxylation sites is 4. The van der Waals surface area contributed by atoms with Gasteiger partial charge in [-0.05, 0) is 0 Å². The summed E-state index contributed by atoms with van der Waals surface area (Å²) in [5.74, 6) is 2.92. The van der Waals surface area contributed by atoms with E-state index in [0.717, 1.165) is 24.3 Å². The van der Waals surface area contributed by atoms with Crippen LogP contribution in [0.25, 0.3) is 0 Å². The maximum atomic E-state index is 6.01. The van der Waals surface area contributed by atoms with Crippen LogP contribution in [0.3, 0.4) is 0 Å². The number of ether oxygens (including phenoxy) is 2. The standard InChI is InChI=1S/2C16H26O2.Co.2H2O/c2*1-2-3-4-5-6-7-8-11-14-18-16-13-10-9-12-15(16)17;;;/h2*9-10,12-13,17H,2-8,11,14H2,1H3;;2*1H2/q;;+2;;/p-2. The molecule has 2 aromatic rings. The molecule has 0 radical (unpaired) electrons. The normalized spacial score (nSPS) is 10.4. The Morgan fingerprint density at radius 3 is 1.10 bits per heavy atom. The van der Waals surface area contributed by atoms with E-state index in [9.17, 15) is 0 Å². The molecule has 0 spiro atoms. The summed E-state index contributed by atoms with van der Waals surface area (Å²) >= 11 is 0.420. The zero-order chi connectivity index (χ0) is 26.2. The van der Waals surface area contributed by atoms with Gasteiger partial charge in [-0.2, -0.15) is 0 Å². The fourth-order valence-corrected chi connectivity index (χ4v) is 4.74. The Hall–Kier alpha value is -1.93. The Balaban J connectivity index is 0.00000722. The van der Waals surface area contributed by atoms with E-state index in [0.29, 0.717) is 40.1 Å². The Labute approximate surface area is 244 Å². The first kappa shape index (κ1) is 37.1. The van der Waals surface area contributed by atoms with Crippen LogP contribution in [0, 0.1) is 0 Å². The zero-order valence-electron chi connectivity index (χ0n) is 24.3. The van der Waals surface area contributed by atoms with E-state index >= 15 is 0 Å². The molecular weight excluding hydrogens is 539 g/mol. The summed E-state index contributed by atoms with van der Waals surface area (Å²) in [5.41, 5.74) is 0. The van der Waals surface area contributed by atoms with Crippen molar-refractivity contribution in [2.45, 2.75) is 117 Å². The van der Waals surface area contributed by atoms with Gasteiger partial charge in [0.25, 0.3) is 0 Å². The molecule has 7 heteroatoms. The van der Waals surface area contributed by atoms with Gasteiger partial charge in [-0.3, -0.25) is 0 Å². The van der Waals surface area contributed by atoms with Crippen molar-refractivity contribution in [2.24, 2.45) is 0 Å². The van der Waals surface area contributed by atoms with E-state index in [1.165, 1.54) is 89.9 Å². The number of benzene rings is 2. The van der Waals surface area contributed by atoms with Gasteiger partial charge >= 0.3 is 207 Å². The van der Waals surface area contributed by atoms with Crippen molar-refractivity contribution in [1.29, 1.82) is 0 Å². The molecule has 39 heavy (non-hydrogen) atoms. The first-order chi connectivity index (χ1) is 18.3. The first-order valence-corrected chi connectivity index (χ1v) is 15.6. The van der Waals surface area contributed by atoms with Crippen LogP contribution in [0.1, 0.15) is 117 Å².